The zero-order valence-electron chi connectivity index (χ0n) is 9.27. The van der Waals surface area contributed by atoms with Gasteiger partial charge in [0.05, 0.1) is 16.4 Å². The first-order valence-corrected chi connectivity index (χ1v) is 6.32. The van der Waals surface area contributed by atoms with Gasteiger partial charge in [0.2, 0.25) is 0 Å². The van der Waals surface area contributed by atoms with E-state index in [0.717, 1.165) is 22.8 Å². The Labute approximate surface area is 104 Å². The number of rotatable bonds is 3. The molecule has 0 aliphatic carbocycles. The Morgan fingerprint density at radius 2 is 2.38 bits per heavy atom. The molecule has 2 aromatic heterocycles. The first-order valence-electron chi connectivity index (χ1n) is 5.06. The van der Waals surface area contributed by atoms with Crippen LogP contribution in [0.1, 0.15) is 22.3 Å². The summed E-state index contributed by atoms with van der Waals surface area (Å²) in [6.45, 7) is 1.91. The van der Waals surface area contributed by atoms with Crippen LogP contribution in [-0.2, 0) is 13.5 Å². The summed E-state index contributed by atoms with van der Waals surface area (Å²) in [4.78, 5) is 1.18. The van der Waals surface area contributed by atoms with Crippen LogP contribution in [0.2, 0.25) is 5.02 Å². The van der Waals surface area contributed by atoms with Gasteiger partial charge in [0.25, 0.3) is 0 Å². The van der Waals surface area contributed by atoms with Gasteiger partial charge >= 0.3 is 0 Å². The largest absolute Gasteiger partial charge is 0.323 e. The molecule has 0 bridgehead atoms. The number of nitrogens with zero attached hydrogens (tertiary/aromatic N) is 2. The average molecular weight is 256 g/mol. The Hall–Kier alpha value is -0.840. The molecule has 2 rings (SSSR count). The fourth-order valence-corrected chi connectivity index (χ4v) is 2.68. The van der Waals surface area contributed by atoms with E-state index in [1.165, 1.54) is 4.88 Å². The third kappa shape index (κ3) is 2.14. The third-order valence-corrected chi connectivity index (χ3v) is 4.08. The van der Waals surface area contributed by atoms with E-state index in [-0.39, 0.29) is 6.04 Å². The van der Waals surface area contributed by atoms with Crippen molar-refractivity contribution in [3.63, 3.8) is 0 Å². The second kappa shape index (κ2) is 4.57. The zero-order chi connectivity index (χ0) is 11.7. The Morgan fingerprint density at radius 1 is 1.62 bits per heavy atom. The molecule has 0 amide bonds. The molecule has 1 atom stereocenters. The van der Waals surface area contributed by atoms with Crippen LogP contribution in [0.4, 0.5) is 0 Å². The standard InChI is InChI=1S/C11H14ClN3S/c1-7-11(12)9(15(2)14-7)6-8(13)10-4-3-5-16-10/h3-5,8H,6,13H2,1-2H3. The van der Waals surface area contributed by atoms with E-state index in [1.54, 1.807) is 11.3 Å². The highest BCUT2D eigenvalue weighted by atomic mass is 35.5. The molecular weight excluding hydrogens is 242 g/mol. The van der Waals surface area contributed by atoms with Crippen molar-refractivity contribution in [3.8, 4) is 0 Å². The summed E-state index contributed by atoms with van der Waals surface area (Å²) >= 11 is 7.86. The number of aromatic nitrogens is 2. The monoisotopic (exact) mass is 255 g/mol. The first-order chi connectivity index (χ1) is 7.59. The summed E-state index contributed by atoms with van der Waals surface area (Å²) in [5.74, 6) is 0. The van der Waals surface area contributed by atoms with Gasteiger partial charge in [-0.2, -0.15) is 5.10 Å². The molecular formula is C11H14ClN3S. The lowest BCUT2D eigenvalue weighted by Gasteiger charge is -2.10. The quantitative estimate of drug-likeness (QED) is 0.917. The van der Waals surface area contributed by atoms with Gasteiger partial charge in [-0.1, -0.05) is 17.7 Å². The van der Waals surface area contributed by atoms with Crippen LogP contribution in [0.3, 0.4) is 0 Å². The van der Waals surface area contributed by atoms with Crippen molar-refractivity contribution in [1.82, 2.24) is 9.78 Å². The molecule has 16 heavy (non-hydrogen) atoms. The van der Waals surface area contributed by atoms with Crippen molar-refractivity contribution in [3.05, 3.63) is 38.8 Å². The Bertz CT molecular complexity index is 476. The van der Waals surface area contributed by atoms with E-state index >= 15 is 0 Å². The highest BCUT2D eigenvalue weighted by molar-refractivity contribution is 7.10. The molecule has 0 aliphatic rings. The van der Waals surface area contributed by atoms with Crippen LogP contribution in [0.25, 0.3) is 0 Å². The number of hydrogen-bond acceptors (Lipinski definition) is 3. The van der Waals surface area contributed by atoms with E-state index in [2.05, 4.69) is 5.10 Å². The molecule has 1 unspecified atom stereocenters. The molecule has 86 valence electrons. The number of hydrogen-bond donors (Lipinski definition) is 1. The summed E-state index contributed by atoms with van der Waals surface area (Å²) in [5.41, 5.74) is 7.99. The lowest BCUT2D eigenvalue weighted by molar-refractivity contribution is 0.646. The minimum Gasteiger partial charge on any atom is -0.323 e. The molecule has 2 aromatic rings. The molecule has 0 spiro atoms. The van der Waals surface area contributed by atoms with Gasteiger partial charge < -0.3 is 5.73 Å². The molecule has 0 aliphatic heterocycles. The van der Waals surface area contributed by atoms with Crippen LogP contribution < -0.4 is 5.73 Å². The highest BCUT2D eigenvalue weighted by Gasteiger charge is 2.16. The Balaban J connectivity index is 2.21. The lowest BCUT2D eigenvalue weighted by Crippen LogP contribution is -2.14. The Morgan fingerprint density at radius 3 is 2.88 bits per heavy atom. The number of halogens is 1. The number of thiophene rings is 1. The molecule has 2 heterocycles. The average Bonchev–Trinajstić information content (AvgIpc) is 2.83. The van der Waals surface area contributed by atoms with Crippen LogP contribution >= 0.6 is 22.9 Å². The fourth-order valence-electron chi connectivity index (χ4n) is 1.71. The van der Waals surface area contributed by atoms with Gasteiger partial charge in [-0.15, -0.1) is 11.3 Å². The minimum atomic E-state index is -0.00713. The molecule has 2 N–H and O–H groups in total. The topological polar surface area (TPSA) is 43.8 Å². The smallest absolute Gasteiger partial charge is 0.0847 e. The van der Waals surface area contributed by atoms with Crippen LogP contribution in [0, 0.1) is 6.92 Å². The van der Waals surface area contributed by atoms with Crippen molar-refractivity contribution >= 4 is 22.9 Å². The maximum Gasteiger partial charge on any atom is 0.0847 e. The van der Waals surface area contributed by atoms with Crippen molar-refractivity contribution in [2.24, 2.45) is 12.8 Å². The maximum absolute atomic E-state index is 6.18. The fraction of sp³-hybridized carbons (Fsp3) is 0.364. The van der Waals surface area contributed by atoms with Crippen LogP contribution in [0.5, 0.6) is 0 Å². The van der Waals surface area contributed by atoms with Gasteiger partial charge in [0.1, 0.15) is 0 Å². The third-order valence-electron chi connectivity index (χ3n) is 2.58. The highest BCUT2D eigenvalue weighted by Crippen LogP contribution is 2.26. The molecule has 0 radical (unpaired) electrons. The van der Waals surface area contributed by atoms with Crippen molar-refractivity contribution in [2.75, 3.05) is 0 Å². The predicted molar refractivity (Wildman–Crippen MR) is 67.9 cm³/mol. The van der Waals surface area contributed by atoms with Crippen molar-refractivity contribution < 1.29 is 0 Å². The van der Waals surface area contributed by atoms with E-state index in [1.807, 2.05) is 36.2 Å². The van der Waals surface area contributed by atoms with E-state index in [4.69, 9.17) is 17.3 Å². The first kappa shape index (κ1) is 11.6. The molecule has 0 saturated carbocycles. The van der Waals surface area contributed by atoms with Gasteiger partial charge in [-0.3, -0.25) is 4.68 Å². The summed E-state index contributed by atoms with van der Waals surface area (Å²) in [5, 5.41) is 7.04. The lowest BCUT2D eigenvalue weighted by atomic mass is 10.1. The SMILES string of the molecule is Cc1nn(C)c(CC(N)c2cccs2)c1Cl. The Kier molecular flexibility index (Phi) is 3.33. The summed E-state index contributed by atoms with van der Waals surface area (Å²) in [6, 6.07) is 4.05. The van der Waals surface area contributed by atoms with Crippen molar-refractivity contribution in [1.29, 1.82) is 0 Å². The van der Waals surface area contributed by atoms with Gasteiger partial charge in [0.15, 0.2) is 0 Å². The van der Waals surface area contributed by atoms with E-state index in [9.17, 15) is 0 Å². The summed E-state index contributed by atoms with van der Waals surface area (Å²) in [7, 11) is 1.90. The van der Waals surface area contributed by atoms with Gasteiger partial charge in [-0.05, 0) is 18.4 Å². The maximum atomic E-state index is 6.18. The van der Waals surface area contributed by atoms with Crippen LogP contribution in [0.15, 0.2) is 17.5 Å². The predicted octanol–water partition coefficient (Wildman–Crippen LogP) is 2.69. The van der Waals surface area contributed by atoms with Crippen molar-refractivity contribution in [2.45, 2.75) is 19.4 Å². The number of nitrogens with two attached hydrogens (primary N) is 1. The van der Waals surface area contributed by atoms with E-state index < -0.39 is 0 Å². The summed E-state index contributed by atoms with van der Waals surface area (Å²) < 4.78 is 1.81. The molecule has 0 aromatic carbocycles. The van der Waals surface area contributed by atoms with Gasteiger partial charge in [-0.25, -0.2) is 0 Å². The molecule has 3 nitrogen and oxygen atoms in total. The van der Waals surface area contributed by atoms with Crippen LogP contribution in [-0.4, -0.2) is 9.78 Å². The zero-order valence-corrected chi connectivity index (χ0v) is 10.8. The second-order valence-electron chi connectivity index (χ2n) is 3.80. The minimum absolute atomic E-state index is 0.00713. The molecule has 5 heteroatoms. The van der Waals surface area contributed by atoms with Gasteiger partial charge in [0, 0.05) is 24.4 Å². The second-order valence-corrected chi connectivity index (χ2v) is 5.15. The number of aryl methyl sites for hydroxylation is 2. The normalized spacial score (nSPS) is 13.0. The molecule has 0 fully saturated rings. The van der Waals surface area contributed by atoms with E-state index in [0.29, 0.717) is 0 Å². The summed E-state index contributed by atoms with van der Waals surface area (Å²) in [6.07, 6.45) is 0.719. The molecule has 0 saturated heterocycles.